The fourth-order valence-corrected chi connectivity index (χ4v) is 4.87. The highest BCUT2D eigenvalue weighted by Crippen LogP contribution is 2.29. The number of rotatable bonds is 6. The first-order chi connectivity index (χ1) is 14.6. The van der Waals surface area contributed by atoms with Crippen LogP contribution in [0.5, 0.6) is 0 Å². The molecule has 1 N–H and O–H groups in total. The molecule has 0 saturated carbocycles. The van der Waals surface area contributed by atoms with E-state index in [-0.39, 0.29) is 22.4 Å². The Morgan fingerprint density at radius 1 is 1.27 bits per heavy atom. The Kier molecular flexibility index (Phi) is 7.24. The van der Waals surface area contributed by atoms with Crippen LogP contribution in [0.1, 0.15) is 31.7 Å². The fourth-order valence-electron chi connectivity index (χ4n) is 3.78. The molecule has 2 aliphatic rings. The normalized spacial score (nSPS) is 20.9. The van der Waals surface area contributed by atoms with Crippen molar-refractivity contribution in [1.82, 2.24) is 19.1 Å². The van der Waals surface area contributed by atoms with E-state index in [2.05, 4.69) is 19.7 Å². The van der Waals surface area contributed by atoms with E-state index in [0.29, 0.717) is 11.6 Å². The van der Waals surface area contributed by atoms with Crippen LogP contribution in [-0.4, -0.2) is 51.9 Å². The standard InChI is InChI=1S/C20H25ClFN5O2S/c21-19-17(23-10-14-2-1-9-29-13-14)12-25-27(20(19)28)16-5-7-26(8-6-16)30-18-4-3-15(22)11-24-18/h3-4,11-12,14,16,23H,1-2,5-10,13H2. The third-order valence-corrected chi connectivity index (χ3v) is 6.89. The van der Waals surface area contributed by atoms with Crippen molar-refractivity contribution in [1.29, 1.82) is 0 Å². The molecule has 4 rings (SSSR count). The molecule has 0 aromatic carbocycles. The average molecular weight is 454 g/mol. The van der Waals surface area contributed by atoms with E-state index in [1.54, 1.807) is 12.3 Å². The van der Waals surface area contributed by atoms with Gasteiger partial charge in [0.1, 0.15) is 15.9 Å². The molecule has 0 spiro atoms. The molecule has 7 nitrogen and oxygen atoms in total. The fraction of sp³-hybridized carbons (Fsp3) is 0.550. The van der Waals surface area contributed by atoms with Crippen LogP contribution in [0.25, 0.3) is 0 Å². The van der Waals surface area contributed by atoms with Crippen LogP contribution in [0.15, 0.2) is 34.3 Å². The van der Waals surface area contributed by atoms with Gasteiger partial charge in [-0.2, -0.15) is 5.10 Å². The number of nitrogens with one attached hydrogen (secondary N) is 1. The molecule has 2 fully saturated rings. The molecule has 0 aliphatic carbocycles. The van der Waals surface area contributed by atoms with Crippen molar-refractivity contribution in [3.63, 3.8) is 0 Å². The molecule has 2 aromatic rings. The van der Waals surface area contributed by atoms with Crippen molar-refractivity contribution in [2.45, 2.75) is 36.8 Å². The molecular weight excluding hydrogens is 429 g/mol. The van der Waals surface area contributed by atoms with Crippen molar-refractivity contribution < 1.29 is 9.13 Å². The summed E-state index contributed by atoms with van der Waals surface area (Å²) in [6.07, 6.45) is 6.61. The highest BCUT2D eigenvalue weighted by atomic mass is 35.5. The molecule has 4 heterocycles. The smallest absolute Gasteiger partial charge is 0.287 e. The topological polar surface area (TPSA) is 72.3 Å². The predicted octanol–water partition coefficient (Wildman–Crippen LogP) is 3.61. The summed E-state index contributed by atoms with van der Waals surface area (Å²) >= 11 is 7.87. The Bertz CT molecular complexity index is 899. The summed E-state index contributed by atoms with van der Waals surface area (Å²) in [5, 5.41) is 8.60. The number of hydrogen-bond acceptors (Lipinski definition) is 7. The summed E-state index contributed by atoms with van der Waals surface area (Å²) < 4.78 is 22.2. The molecule has 162 valence electrons. The Hall–Kier alpha value is -1.68. The molecule has 0 radical (unpaired) electrons. The average Bonchev–Trinajstić information content (AvgIpc) is 2.78. The number of hydrogen-bond donors (Lipinski definition) is 1. The number of anilines is 1. The molecule has 30 heavy (non-hydrogen) atoms. The molecular formula is C20H25ClFN5O2S. The zero-order valence-corrected chi connectivity index (χ0v) is 18.2. The maximum atomic E-state index is 13.0. The summed E-state index contributed by atoms with van der Waals surface area (Å²) in [5.41, 5.74) is 0.326. The minimum atomic E-state index is -0.342. The third-order valence-electron chi connectivity index (χ3n) is 5.47. The molecule has 0 bridgehead atoms. The SMILES string of the molecule is O=c1c(Cl)c(NCC2CCCOC2)cnn1C1CCN(Sc2ccc(F)cn2)CC1. The molecule has 2 aliphatic heterocycles. The van der Waals surface area contributed by atoms with Gasteiger partial charge in [-0.3, -0.25) is 4.79 Å². The maximum Gasteiger partial charge on any atom is 0.287 e. The Balaban J connectivity index is 1.33. The quantitative estimate of drug-likeness (QED) is 0.670. The lowest BCUT2D eigenvalue weighted by Crippen LogP contribution is -2.36. The lowest BCUT2D eigenvalue weighted by atomic mass is 10.0. The molecule has 10 heteroatoms. The van der Waals surface area contributed by atoms with E-state index in [1.165, 1.54) is 28.9 Å². The van der Waals surface area contributed by atoms with Crippen molar-refractivity contribution in [2.75, 3.05) is 38.2 Å². The van der Waals surface area contributed by atoms with Gasteiger partial charge in [0.15, 0.2) is 0 Å². The first kappa shape index (κ1) is 21.5. The van der Waals surface area contributed by atoms with E-state index in [4.69, 9.17) is 16.3 Å². The van der Waals surface area contributed by atoms with Crippen molar-refractivity contribution in [3.8, 4) is 0 Å². The number of halogens is 2. The van der Waals surface area contributed by atoms with Gasteiger partial charge in [0.25, 0.3) is 5.56 Å². The van der Waals surface area contributed by atoms with Gasteiger partial charge < -0.3 is 10.1 Å². The maximum absolute atomic E-state index is 13.0. The Morgan fingerprint density at radius 3 is 2.80 bits per heavy atom. The number of nitrogens with zero attached hydrogens (tertiary/aromatic N) is 4. The molecule has 2 aromatic heterocycles. The predicted molar refractivity (Wildman–Crippen MR) is 115 cm³/mol. The lowest BCUT2D eigenvalue weighted by Gasteiger charge is -2.31. The van der Waals surface area contributed by atoms with Gasteiger partial charge in [0.2, 0.25) is 0 Å². The highest BCUT2D eigenvalue weighted by molar-refractivity contribution is 7.97. The van der Waals surface area contributed by atoms with Gasteiger partial charge in [-0.1, -0.05) is 11.6 Å². The van der Waals surface area contributed by atoms with E-state index < -0.39 is 0 Å². The molecule has 1 unspecified atom stereocenters. The summed E-state index contributed by atoms with van der Waals surface area (Å²) in [6.45, 7) is 3.84. The van der Waals surface area contributed by atoms with E-state index in [0.717, 1.165) is 63.6 Å². The largest absolute Gasteiger partial charge is 0.382 e. The zero-order valence-electron chi connectivity index (χ0n) is 16.6. The zero-order chi connectivity index (χ0) is 20.9. The Morgan fingerprint density at radius 2 is 2.10 bits per heavy atom. The highest BCUT2D eigenvalue weighted by Gasteiger charge is 2.24. The van der Waals surface area contributed by atoms with Gasteiger partial charge in [-0.15, -0.1) is 0 Å². The summed E-state index contributed by atoms with van der Waals surface area (Å²) in [4.78, 5) is 16.9. The summed E-state index contributed by atoms with van der Waals surface area (Å²) in [7, 11) is 0. The lowest BCUT2D eigenvalue weighted by molar-refractivity contribution is 0.0595. The minimum absolute atomic E-state index is 0.00817. The third kappa shape index (κ3) is 5.32. The minimum Gasteiger partial charge on any atom is -0.382 e. The van der Waals surface area contributed by atoms with E-state index >= 15 is 0 Å². The number of ether oxygens (including phenoxy) is 1. The van der Waals surface area contributed by atoms with Gasteiger partial charge in [-0.05, 0) is 55.7 Å². The van der Waals surface area contributed by atoms with Crippen molar-refractivity contribution in [3.05, 3.63) is 45.7 Å². The summed E-state index contributed by atoms with van der Waals surface area (Å²) in [6, 6.07) is 3.09. The van der Waals surface area contributed by atoms with Gasteiger partial charge in [-0.25, -0.2) is 18.4 Å². The van der Waals surface area contributed by atoms with Gasteiger partial charge >= 0.3 is 0 Å². The number of aromatic nitrogens is 3. The van der Waals surface area contributed by atoms with Crippen molar-refractivity contribution >= 4 is 29.2 Å². The molecule has 0 amide bonds. The van der Waals surface area contributed by atoms with E-state index in [9.17, 15) is 9.18 Å². The van der Waals surface area contributed by atoms with Gasteiger partial charge in [0.05, 0.1) is 30.7 Å². The van der Waals surface area contributed by atoms with Crippen LogP contribution in [0.3, 0.4) is 0 Å². The van der Waals surface area contributed by atoms with Crippen LogP contribution in [0.4, 0.5) is 10.1 Å². The second-order valence-electron chi connectivity index (χ2n) is 7.65. The van der Waals surface area contributed by atoms with Crippen molar-refractivity contribution in [2.24, 2.45) is 5.92 Å². The molecule has 1 atom stereocenters. The van der Waals surface area contributed by atoms with Crippen LogP contribution in [0.2, 0.25) is 5.02 Å². The van der Waals surface area contributed by atoms with Crippen LogP contribution < -0.4 is 10.9 Å². The number of piperidine rings is 1. The molecule has 2 saturated heterocycles. The first-order valence-electron chi connectivity index (χ1n) is 10.2. The summed E-state index contributed by atoms with van der Waals surface area (Å²) in [5.74, 6) is 0.0834. The first-order valence-corrected chi connectivity index (χ1v) is 11.4. The van der Waals surface area contributed by atoms with Gasteiger partial charge in [0, 0.05) is 26.2 Å². The number of pyridine rings is 1. The second-order valence-corrected chi connectivity index (χ2v) is 9.15. The Labute approximate surface area is 184 Å². The van der Waals surface area contributed by atoms with Crippen LogP contribution >= 0.6 is 23.5 Å². The van der Waals surface area contributed by atoms with Crippen LogP contribution in [0, 0.1) is 11.7 Å². The van der Waals surface area contributed by atoms with Crippen LogP contribution in [-0.2, 0) is 4.74 Å². The second kappa shape index (κ2) is 10.1. The monoisotopic (exact) mass is 453 g/mol. The van der Waals surface area contributed by atoms with E-state index in [1.807, 2.05) is 0 Å².